The molecule has 0 bridgehead atoms. The average molecular weight is 365 g/mol. The summed E-state index contributed by atoms with van der Waals surface area (Å²) in [6, 6.07) is 15.5. The molecule has 0 heterocycles. The lowest BCUT2D eigenvalue weighted by molar-refractivity contribution is 0.0940. The van der Waals surface area contributed by atoms with Gasteiger partial charge in [0, 0.05) is 24.8 Å². The first-order valence-electron chi connectivity index (χ1n) is 8.77. The van der Waals surface area contributed by atoms with Gasteiger partial charge in [-0.25, -0.2) is 10.4 Å². The largest absolute Gasteiger partial charge is 0.362 e. The van der Waals surface area contributed by atoms with E-state index in [4.69, 9.17) is 0 Å². The zero-order chi connectivity index (χ0) is 19.6. The first-order chi connectivity index (χ1) is 13.0. The zero-order valence-electron chi connectivity index (χ0n) is 15.9. The van der Waals surface area contributed by atoms with Crippen molar-refractivity contribution in [2.24, 2.45) is 4.99 Å². The summed E-state index contributed by atoms with van der Waals surface area (Å²) >= 11 is 0. The van der Waals surface area contributed by atoms with E-state index < -0.39 is 0 Å². The fraction of sp³-hybridized carbons (Fsp3) is 0.238. The monoisotopic (exact) mass is 365 g/mol. The molecule has 0 radical (unpaired) electrons. The number of hydrogen-bond donors (Lipinski definition) is 3. The molecule has 0 aromatic heterocycles. The molecule has 0 saturated heterocycles. The second-order valence-electron chi connectivity index (χ2n) is 6.21. The molecule has 6 nitrogen and oxygen atoms in total. The van der Waals surface area contributed by atoms with Gasteiger partial charge in [-0.1, -0.05) is 43.0 Å². The summed E-state index contributed by atoms with van der Waals surface area (Å²) in [5.74, 6) is -0.119. The number of aryl methyl sites for hydroxylation is 1. The summed E-state index contributed by atoms with van der Waals surface area (Å²) in [5, 5.41) is 7.95. The maximum absolute atomic E-state index is 12.3. The van der Waals surface area contributed by atoms with Crippen LogP contribution in [0.4, 0.5) is 5.69 Å². The molecule has 0 aliphatic carbocycles. The number of nitrogens with one attached hydrogen (secondary N) is 3. The highest BCUT2D eigenvalue weighted by Gasteiger charge is 2.13. The van der Waals surface area contributed by atoms with Crippen molar-refractivity contribution in [1.82, 2.24) is 15.8 Å². The van der Waals surface area contributed by atoms with Crippen molar-refractivity contribution in [3.8, 4) is 0 Å². The number of amides is 1. The Morgan fingerprint density at radius 1 is 1.22 bits per heavy atom. The molecule has 6 heteroatoms. The van der Waals surface area contributed by atoms with E-state index in [1.54, 1.807) is 6.20 Å². The maximum Gasteiger partial charge on any atom is 0.251 e. The number of nitrogens with zero attached hydrogens (tertiary/aromatic N) is 2. The second-order valence-corrected chi connectivity index (χ2v) is 6.21. The third-order valence-corrected chi connectivity index (χ3v) is 4.12. The van der Waals surface area contributed by atoms with Gasteiger partial charge in [-0.2, -0.15) is 0 Å². The van der Waals surface area contributed by atoms with E-state index in [1.807, 2.05) is 67.5 Å². The Bertz CT molecular complexity index is 790. The van der Waals surface area contributed by atoms with Crippen molar-refractivity contribution in [3.05, 3.63) is 78.0 Å². The number of para-hydroxylation sites is 1. The van der Waals surface area contributed by atoms with Crippen molar-refractivity contribution in [3.63, 3.8) is 0 Å². The van der Waals surface area contributed by atoms with Crippen molar-refractivity contribution in [2.75, 3.05) is 18.9 Å². The van der Waals surface area contributed by atoms with E-state index in [0.717, 1.165) is 16.8 Å². The predicted molar refractivity (Wildman–Crippen MR) is 112 cm³/mol. The van der Waals surface area contributed by atoms with Crippen LogP contribution in [0.3, 0.4) is 0 Å². The van der Waals surface area contributed by atoms with E-state index in [1.165, 1.54) is 0 Å². The molecule has 0 fully saturated rings. The van der Waals surface area contributed by atoms with Crippen molar-refractivity contribution < 1.29 is 4.79 Å². The van der Waals surface area contributed by atoms with Crippen LogP contribution in [0.5, 0.6) is 0 Å². The Morgan fingerprint density at radius 2 is 1.93 bits per heavy atom. The third-order valence-electron chi connectivity index (χ3n) is 4.12. The Morgan fingerprint density at radius 3 is 2.63 bits per heavy atom. The highest BCUT2D eigenvalue weighted by molar-refractivity contribution is 5.95. The summed E-state index contributed by atoms with van der Waals surface area (Å²) in [7, 11) is 1.92. The minimum atomic E-state index is -0.331. The number of anilines is 1. The maximum atomic E-state index is 12.3. The molecule has 1 unspecified atom stereocenters. The summed E-state index contributed by atoms with van der Waals surface area (Å²) < 4.78 is 0. The molecule has 3 N–H and O–H groups in total. The molecule has 1 atom stereocenters. The fourth-order valence-corrected chi connectivity index (χ4v) is 2.73. The van der Waals surface area contributed by atoms with Crippen molar-refractivity contribution >= 4 is 18.3 Å². The van der Waals surface area contributed by atoms with Gasteiger partial charge in [0.15, 0.2) is 0 Å². The smallest absolute Gasteiger partial charge is 0.251 e. The molecular formula is C21H27N5O. The van der Waals surface area contributed by atoms with Gasteiger partial charge in [-0.3, -0.25) is 9.79 Å². The lowest BCUT2D eigenvalue weighted by Gasteiger charge is -2.24. The van der Waals surface area contributed by atoms with Gasteiger partial charge < -0.3 is 10.6 Å². The summed E-state index contributed by atoms with van der Waals surface area (Å²) in [6.45, 7) is 10.2. The van der Waals surface area contributed by atoms with Gasteiger partial charge in [0.1, 0.15) is 6.17 Å². The van der Waals surface area contributed by atoms with Gasteiger partial charge in [0.25, 0.3) is 5.91 Å². The number of hydrogen-bond acceptors (Lipinski definition) is 5. The van der Waals surface area contributed by atoms with E-state index in [0.29, 0.717) is 18.7 Å². The molecule has 2 aromatic rings. The fourth-order valence-electron chi connectivity index (χ4n) is 2.73. The molecule has 142 valence electrons. The van der Waals surface area contributed by atoms with Crippen LogP contribution in [0.1, 0.15) is 21.5 Å². The van der Waals surface area contributed by atoms with E-state index in [9.17, 15) is 4.79 Å². The van der Waals surface area contributed by atoms with Gasteiger partial charge in [-0.15, -0.1) is 0 Å². The van der Waals surface area contributed by atoms with Crippen LogP contribution in [0, 0.1) is 6.92 Å². The number of aliphatic imine (C=N–C) groups is 1. The Labute approximate surface area is 161 Å². The number of carbonyl (C=O) groups is 1. The van der Waals surface area contributed by atoms with Crippen LogP contribution in [-0.4, -0.2) is 37.4 Å². The minimum Gasteiger partial charge on any atom is -0.362 e. The zero-order valence-corrected chi connectivity index (χ0v) is 15.9. The first kappa shape index (κ1) is 20.4. The summed E-state index contributed by atoms with van der Waals surface area (Å²) in [5.41, 5.74) is 6.95. The first-order valence-corrected chi connectivity index (χ1v) is 8.77. The highest BCUT2D eigenvalue weighted by atomic mass is 16.1. The van der Waals surface area contributed by atoms with Crippen molar-refractivity contribution in [2.45, 2.75) is 19.6 Å². The van der Waals surface area contributed by atoms with Crippen LogP contribution < -0.4 is 16.1 Å². The standard InChI is InChI=1S/C21H27N5O/c1-5-23-19-13-9-7-11-17(19)15-26(4)25-20(22-3)14-24-21(27)18-12-8-6-10-16(18)2/h5-13,20,23,25H,1,3,14-15H2,2,4H3,(H,24,27). The van der Waals surface area contributed by atoms with Gasteiger partial charge >= 0.3 is 0 Å². The molecule has 0 aliphatic heterocycles. The normalized spacial score (nSPS) is 11.7. The topological polar surface area (TPSA) is 68.8 Å². The second kappa shape index (κ2) is 10.3. The summed E-state index contributed by atoms with van der Waals surface area (Å²) in [6.07, 6.45) is 1.32. The number of hydrazine groups is 1. The lowest BCUT2D eigenvalue weighted by Crippen LogP contribution is -2.46. The highest BCUT2D eigenvalue weighted by Crippen LogP contribution is 2.16. The SMILES string of the molecule is C=CNc1ccccc1CN(C)NC(CNC(=O)c1ccccc1C)N=C. The molecule has 0 spiro atoms. The molecular weight excluding hydrogens is 338 g/mol. The minimum absolute atomic E-state index is 0.119. The molecule has 0 saturated carbocycles. The van der Waals surface area contributed by atoms with E-state index in [-0.39, 0.29) is 12.1 Å². The van der Waals surface area contributed by atoms with Gasteiger partial charge in [-0.05, 0) is 43.1 Å². The average Bonchev–Trinajstić information content (AvgIpc) is 2.67. The number of carbonyl (C=O) groups excluding carboxylic acids is 1. The van der Waals surface area contributed by atoms with Crippen LogP contribution in [0.2, 0.25) is 0 Å². The van der Waals surface area contributed by atoms with Gasteiger partial charge in [0.2, 0.25) is 0 Å². The third kappa shape index (κ3) is 6.06. The van der Waals surface area contributed by atoms with Crippen LogP contribution in [0.15, 0.2) is 66.3 Å². The van der Waals surface area contributed by atoms with E-state index in [2.05, 4.69) is 34.3 Å². The van der Waals surface area contributed by atoms with Crippen LogP contribution in [0.25, 0.3) is 0 Å². The molecule has 2 rings (SSSR count). The Balaban J connectivity index is 1.91. The number of rotatable bonds is 10. The summed E-state index contributed by atoms with van der Waals surface area (Å²) in [4.78, 5) is 16.4. The Kier molecular flexibility index (Phi) is 7.73. The molecule has 2 aromatic carbocycles. The van der Waals surface area contributed by atoms with E-state index >= 15 is 0 Å². The molecule has 0 aliphatic rings. The van der Waals surface area contributed by atoms with Crippen LogP contribution >= 0.6 is 0 Å². The van der Waals surface area contributed by atoms with Crippen molar-refractivity contribution in [1.29, 1.82) is 0 Å². The quantitative estimate of drug-likeness (QED) is 0.447. The van der Waals surface area contributed by atoms with Crippen LogP contribution in [-0.2, 0) is 6.54 Å². The Hall–Kier alpha value is -2.96. The van der Waals surface area contributed by atoms with Gasteiger partial charge in [0.05, 0.1) is 6.54 Å². The lowest BCUT2D eigenvalue weighted by atomic mass is 10.1. The number of benzene rings is 2. The predicted octanol–water partition coefficient (Wildman–Crippen LogP) is 2.94. The molecule has 1 amide bonds. The molecule has 27 heavy (non-hydrogen) atoms.